The van der Waals surface area contributed by atoms with Gasteiger partial charge in [-0.1, -0.05) is 0 Å². The molecule has 1 atom stereocenters. The Morgan fingerprint density at radius 1 is 1.50 bits per heavy atom. The molecule has 6 nitrogen and oxygen atoms in total. The van der Waals surface area contributed by atoms with Gasteiger partial charge in [0, 0.05) is 32.0 Å². The van der Waals surface area contributed by atoms with E-state index >= 15 is 0 Å². The van der Waals surface area contributed by atoms with Gasteiger partial charge >= 0.3 is 0 Å². The molecule has 1 unspecified atom stereocenters. The lowest BCUT2D eigenvalue weighted by molar-refractivity contribution is 0.597. The number of hydrogen-bond donors (Lipinski definition) is 1. The van der Waals surface area contributed by atoms with E-state index in [2.05, 4.69) is 32.4 Å². The zero-order chi connectivity index (χ0) is 12.5. The maximum absolute atomic E-state index is 4.44. The van der Waals surface area contributed by atoms with Gasteiger partial charge in [0.1, 0.15) is 5.82 Å². The molecule has 0 amide bonds. The number of aryl methyl sites for hydroxylation is 1. The molecular weight excluding hydrogens is 228 g/mol. The molecule has 1 aliphatic heterocycles. The van der Waals surface area contributed by atoms with Crippen molar-refractivity contribution >= 4 is 11.5 Å². The highest BCUT2D eigenvalue weighted by molar-refractivity contribution is 5.63. The Labute approximate surface area is 106 Å². The van der Waals surface area contributed by atoms with E-state index in [1.165, 1.54) is 12.8 Å². The quantitative estimate of drug-likeness (QED) is 0.860. The summed E-state index contributed by atoms with van der Waals surface area (Å²) < 4.78 is 1.97. The third kappa shape index (κ3) is 1.92. The minimum Gasteiger partial charge on any atom is -0.355 e. The van der Waals surface area contributed by atoms with Crippen molar-refractivity contribution in [3.63, 3.8) is 0 Å². The second-order valence-electron chi connectivity index (χ2n) is 4.87. The number of fused-ring (bicyclic) bond motifs is 1. The SMILES string of the molecule is Cc1nnc2c(N(C)CC3CCCN3)nccn12. The van der Waals surface area contributed by atoms with Crippen LogP contribution in [0.2, 0.25) is 0 Å². The highest BCUT2D eigenvalue weighted by atomic mass is 15.3. The van der Waals surface area contributed by atoms with Crippen molar-refractivity contribution < 1.29 is 0 Å². The molecule has 0 radical (unpaired) electrons. The molecule has 6 heteroatoms. The van der Waals surface area contributed by atoms with Crippen molar-refractivity contribution in [1.82, 2.24) is 24.9 Å². The number of aromatic nitrogens is 4. The summed E-state index contributed by atoms with van der Waals surface area (Å²) in [6.45, 7) is 4.03. The first-order valence-electron chi connectivity index (χ1n) is 6.36. The predicted molar refractivity (Wildman–Crippen MR) is 69.8 cm³/mol. The summed E-state index contributed by atoms with van der Waals surface area (Å²) >= 11 is 0. The van der Waals surface area contributed by atoms with E-state index in [0.29, 0.717) is 6.04 Å². The van der Waals surface area contributed by atoms with Gasteiger partial charge in [-0.25, -0.2) is 4.98 Å². The van der Waals surface area contributed by atoms with Crippen LogP contribution in [0.15, 0.2) is 12.4 Å². The van der Waals surface area contributed by atoms with Crippen molar-refractivity contribution in [3.05, 3.63) is 18.2 Å². The average molecular weight is 246 g/mol. The minimum absolute atomic E-state index is 0.557. The lowest BCUT2D eigenvalue weighted by Crippen LogP contribution is -2.35. The standard InChI is InChI=1S/C12H18N6/c1-9-15-16-12-11(14-6-7-18(9)12)17(2)8-10-4-3-5-13-10/h6-7,10,13H,3-5,8H2,1-2H3. The monoisotopic (exact) mass is 246 g/mol. The Bertz CT molecular complexity index is 542. The summed E-state index contributed by atoms with van der Waals surface area (Å²) in [4.78, 5) is 6.60. The van der Waals surface area contributed by atoms with Crippen LogP contribution in [0.4, 0.5) is 5.82 Å². The number of anilines is 1. The molecule has 0 spiro atoms. The number of nitrogens with one attached hydrogen (secondary N) is 1. The van der Waals surface area contributed by atoms with E-state index in [1.807, 2.05) is 17.5 Å². The number of hydrogen-bond acceptors (Lipinski definition) is 5. The lowest BCUT2D eigenvalue weighted by atomic mass is 10.2. The van der Waals surface area contributed by atoms with Crippen LogP contribution in [-0.2, 0) is 0 Å². The zero-order valence-electron chi connectivity index (χ0n) is 10.8. The summed E-state index contributed by atoms with van der Waals surface area (Å²) in [5.74, 6) is 1.79. The second kappa shape index (κ2) is 4.53. The fourth-order valence-electron chi connectivity index (χ4n) is 2.53. The molecule has 2 aromatic rings. The molecule has 0 aromatic carbocycles. The molecule has 2 aromatic heterocycles. The van der Waals surface area contributed by atoms with Gasteiger partial charge in [-0.05, 0) is 26.3 Å². The van der Waals surface area contributed by atoms with Crippen LogP contribution in [-0.4, -0.2) is 45.8 Å². The first kappa shape index (κ1) is 11.4. The van der Waals surface area contributed by atoms with Crippen molar-refractivity contribution in [2.45, 2.75) is 25.8 Å². The van der Waals surface area contributed by atoms with Crippen LogP contribution in [0.25, 0.3) is 5.65 Å². The van der Waals surface area contributed by atoms with Crippen LogP contribution in [0.5, 0.6) is 0 Å². The minimum atomic E-state index is 0.557. The van der Waals surface area contributed by atoms with E-state index in [-0.39, 0.29) is 0 Å². The van der Waals surface area contributed by atoms with Gasteiger partial charge < -0.3 is 10.2 Å². The van der Waals surface area contributed by atoms with Crippen LogP contribution in [0.1, 0.15) is 18.7 Å². The van der Waals surface area contributed by atoms with Gasteiger partial charge in [0.15, 0.2) is 5.82 Å². The van der Waals surface area contributed by atoms with Gasteiger partial charge in [-0.2, -0.15) is 0 Å². The molecular formula is C12H18N6. The van der Waals surface area contributed by atoms with E-state index < -0.39 is 0 Å². The molecule has 3 rings (SSSR count). The number of likely N-dealkylation sites (N-methyl/N-ethyl adjacent to an activating group) is 1. The van der Waals surface area contributed by atoms with E-state index in [0.717, 1.165) is 30.4 Å². The summed E-state index contributed by atoms with van der Waals surface area (Å²) in [5, 5.41) is 11.8. The molecule has 1 fully saturated rings. The largest absolute Gasteiger partial charge is 0.355 e. The zero-order valence-corrected chi connectivity index (χ0v) is 10.8. The Morgan fingerprint density at radius 2 is 2.39 bits per heavy atom. The maximum Gasteiger partial charge on any atom is 0.203 e. The molecule has 3 heterocycles. The predicted octanol–water partition coefficient (Wildman–Crippen LogP) is 0.621. The van der Waals surface area contributed by atoms with Crippen LogP contribution in [0.3, 0.4) is 0 Å². The van der Waals surface area contributed by atoms with Crippen LogP contribution >= 0.6 is 0 Å². The van der Waals surface area contributed by atoms with Gasteiger partial charge in [0.05, 0.1) is 0 Å². The average Bonchev–Trinajstić information content (AvgIpc) is 3.00. The molecule has 96 valence electrons. The smallest absolute Gasteiger partial charge is 0.203 e. The fourth-order valence-corrected chi connectivity index (χ4v) is 2.53. The van der Waals surface area contributed by atoms with Crippen LogP contribution < -0.4 is 10.2 Å². The third-order valence-corrected chi connectivity index (χ3v) is 3.50. The Balaban J connectivity index is 1.88. The number of rotatable bonds is 3. The molecule has 0 bridgehead atoms. The van der Waals surface area contributed by atoms with Crippen molar-refractivity contribution in [2.24, 2.45) is 0 Å². The van der Waals surface area contributed by atoms with Crippen molar-refractivity contribution in [2.75, 3.05) is 25.0 Å². The van der Waals surface area contributed by atoms with E-state index in [4.69, 9.17) is 0 Å². The van der Waals surface area contributed by atoms with Gasteiger partial charge in [0.25, 0.3) is 0 Å². The molecule has 1 saturated heterocycles. The third-order valence-electron chi connectivity index (χ3n) is 3.50. The Kier molecular flexibility index (Phi) is 2.87. The topological polar surface area (TPSA) is 58.4 Å². The molecule has 1 N–H and O–H groups in total. The molecule has 0 aliphatic carbocycles. The van der Waals surface area contributed by atoms with Gasteiger partial charge in [0.2, 0.25) is 5.65 Å². The maximum atomic E-state index is 4.44. The first-order valence-corrected chi connectivity index (χ1v) is 6.36. The lowest BCUT2D eigenvalue weighted by Gasteiger charge is -2.22. The summed E-state index contributed by atoms with van der Waals surface area (Å²) in [6.07, 6.45) is 6.20. The first-order chi connectivity index (χ1) is 8.75. The van der Waals surface area contributed by atoms with Crippen LogP contribution in [0, 0.1) is 6.92 Å². The second-order valence-corrected chi connectivity index (χ2v) is 4.87. The fraction of sp³-hybridized carbons (Fsp3) is 0.583. The van der Waals surface area contributed by atoms with E-state index in [1.54, 1.807) is 6.20 Å². The summed E-state index contributed by atoms with van der Waals surface area (Å²) in [6, 6.07) is 0.557. The van der Waals surface area contributed by atoms with Gasteiger partial charge in [-0.15, -0.1) is 10.2 Å². The normalized spacial score (nSPS) is 19.6. The summed E-state index contributed by atoms with van der Waals surface area (Å²) in [7, 11) is 2.06. The summed E-state index contributed by atoms with van der Waals surface area (Å²) in [5.41, 5.74) is 0.829. The molecule has 1 aliphatic rings. The Hall–Kier alpha value is -1.69. The molecule has 18 heavy (non-hydrogen) atoms. The van der Waals surface area contributed by atoms with Crippen molar-refractivity contribution in [1.29, 1.82) is 0 Å². The van der Waals surface area contributed by atoms with Crippen molar-refractivity contribution in [3.8, 4) is 0 Å². The Morgan fingerprint density at radius 3 is 3.17 bits per heavy atom. The number of nitrogens with zero attached hydrogens (tertiary/aromatic N) is 5. The highest BCUT2D eigenvalue weighted by Gasteiger charge is 2.18. The molecule has 0 saturated carbocycles. The highest BCUT2D eigenvalue weighted by Crippen LogP contribution is 2.17. The van der Waals surface area contributed by atoms with E-state index in [9.17, 15) is 0 Å². The van der Waals surface area contributed by atoms with Gasteiger partial charge in [-0.3, -0.25) is 4.40 Å².